The molecule has 0 radical (unpaired) electrons. The van der Waals surface area contributed by atoms with E-state index in [1.165, 1.54) is 18.2 Å². The normalized spacial score (nSPS) is 22.9. The van der Waals surface area contributed by atoms with Gasteiger partial charge >= 0.3 is 0 Å². The third-order valence-electron chi connectivity index (χ3n) is 3.74. The molecule has 2 rings (SSSR count). The fourth-order valence-electron chi connectivity index (χ4n) is 2.69. The van der Waals surface area contributed by atoms with E-state index in [0.29, 0.717) is 24.3 Å². The second-order valence-electron chi connectivity index (χ2n) is 5.05. The average molecular weight is 278 g/mol. The molecule has 20 heavy (non-hydrogen) atoms. The number of hydrogen-bond acceptors (Lipinski definition) is 4. The van der Waals surface area contributed by atoms with Crippen molar-refractivity contribution in [2.24, 2.45) is 0 Å². The molecule has 4 nitrogen and oxygen atoms in total. The van der Waals surface area contributed by atoms with Gasteiger partial charge in [-0.25, -0.2) is 4.39 Å². The zero-order valence-corrected chi connectivity index (χ0v) is 11.8. The van der Waals surface area contributed by atoms with E-state index in [9.17, 15) is 4.39 Å². The molecule has 0 spiro atoms. The van der Waals surface area contributed by atoms with Crippen LogP contribution >= 0.6 is 0 Å². The van der Waals surface area contributed by atoms with Gasteiger partial charge in [-0.2, -0.15) is 5.26 Å². The first-order valence-corrected chi connectivity index (χ1v) is 6.62. The van der Waals surface area contributed by atoms with Gasteiger partial charge < -0.3 is 9.47 Å². The molecule has 0 N–H and O–H groups in total. The lowest BCUT2D eigenvalue weighted by Gasteiger charge is -2.23. The summed E-state index contributed by atoms with van der Waals surface area (Å²) in [5, 5.41) is 9.11. The fraction of sp³-hybridized carbons (Fsp3) is 0.533. The Labute approximate surface area is 118 Å². The summed E-state index contributed by atoms with van der Waals surface area (Å²) in [6.07, 6.45) is 1.05. The summed E-state index contributed by atoms with van der Waals surface area (Å²) >= 11 is 0. The summed E-state index contributed by atoms with van der Waals surface area (Å²) in [4.78, 5) is 2.19. The Kier molecular flexibility index (Phi) is 5.07. The van der Waals surface area contributed by atoms with E-state index in [-0.39, 0.29) is 18.0 Å². The van der Waals surface area contributed by atoms with E-state index in [0.717, 1.165) is 13.0 Å². The van der Waals surface area contributed by atoms with Crippen LogP contribution in [-0.2, 0) is 16.0 Å². The molecular weight excluding hydrogens is 259 g/mol. The third-order valence-corrected chi connectivity index (χ3v) is 3.74. The van der Waals surface area contributed by atoms with Gasteiger partial charge in [0.2, 0.25) is 0 Å². The highest BCUT2D eigenvalue weighted by molar-refractivity contribution is 5.37. The second kappa shape index (κ2) is 6.80. The highest BCUT2D eigenvalue weighted by atomic mass is 19.1. The molecule has 108 valence electrons. The van der Waals surface area contributed by atoms with Crippen LogP contribution in [0.15, 0.2) is 18.2 Å². The Morgan fingerprint density at radius 3 is 2.90 bits per heavy atom. The van der Waals surface area contributed by atoms with Gasteiger partial charge in [0.25, 0.3) is 0 Å². The number of nitriles is 1. The molecule has 1 aliphatic rings. The summed E-state index contributed by atoms with van der Waals surface area (Å²) < 4.78 is 24.0. The second-order valence-corrected chi connectivity index (χ2v) is 5.05. The van der Waals surface area contributed by atoms with Crippen LogP contribution in [0.3, 0.4) is 0 Å². The lowest BCUT2D eigenvalue weighted by Crippen LogP contribution is -2.32. The van der Waals surface area contributed by atoms with Gasteiger partial charge in [0.15, 0.2) is 0 Å². The summed E-state index contributed by atoms with van der Waals surface area (Å²) in [6.45, 7) is 1.91. The maximum atomic E-state index is 13.4. The van der Waals surface area contributed by atoms with Crippen molar-refractivity contribution < 1.29 is 13.9 Å². The van der Waals surface area contributed by atoms with Crippen molar-refractivity contribution >= 4 is 0 Å². The van der Waals surface area contributed by atoms with Crippen molar-refractivity contribution in [1.29, 1.82) is 5.26 Å². The summed E-state index contributed by atoms with van der Waals surface area (Å²) in [6, 6.07) is 6.63. The van der Waals surface area contributed by atoms with Gasteiger partial charge in [0.1, 0.15) is 5.82 Å². The smallest absolute Gasteiger partial charge is 0.123 e. The van der Waals surface area contributed by atoms with Crippen molar-refractivity contribution in [3.05, 3.63) is 35.1 Å². The van der Waals surface area contributed by atoms with E-state index in [4.69, 9.17) is 14.7 Å². The largest absolute Gasteiger partial charge is 0.383 e. The fourth-order valence-corrected chi connectivity index (χ4v) is 2.69. The maximum Gasteiger partial charge on any atom is 0.123 e. The van der Waals surface area contributed by atoms with Crippen LogP contribution in [0.1, 0.15) is 17.5 Å². The molecule has 0 aliphatic carbocycles. The molecule has 1 aromatic rings. The molecule has 5 heteroatoms. The zero-order valence-electron chi connectivity index (χ0n) is 11.8. The van der Waals surface area contributed by atoms with Gasteiger partial charge in [-0.15, -0.1) is 0 Å². The number of ether oxygens (including phenoxy) is 2. The molecule has 0 saturated carbocycles. The lowest BCUT2D eigenvalue weighted by atomic mass is 10.1. The van der Waals surface area contributed by atoms with Gasteiger partial charge in [-0.05, 0) is 30.2 Å². The maximum absolute atomic E-state index is 13.4. The van der Waals surface area contributed by atoms with Gasteiger partial charge in [0.05, 0.1) is 24.3 Å². The first-order valence-electron chi connectivity index (χ1n) is 6.62. The summed E-state index contributed by atoms with van der Waals surface area (Å²) in [7, 11) is 3.36. The van der Waals surface area contributed by atoms with Crippen molar-refractivity contribution in [2.75, 3.05) is 27.4 Å². The van der Waals surface area contributed by atoms with Crippen molar-refractivity contribution in [3.8, 4) is 6.07 Å². The van der Waals surface area contributed by atoms with Crippen molar-refractivity contribution in [3.63, 3.8) is 0 Å². The molecular formula is C15H19FN2O2. The Balaban J connectivity index is 2.15. The first kappa shape index (κ1) is 14.9. The van der Waals surface area contributed by atoms with Gasteiger partial charge in [-0.3, -0.25) is 4.90 Å². The first-order chi connectivity index (χ1) is 9.67. The quantitative estimate of drug-likeness (QED) is 0.825. The molecule has 1 fully saturated rings. The van der Waals surface area contributed by atoms with Crippen LogP contribution in [-0.4, -0.2) is 44.4 Å². The Bertz CT molecular complexity index is 501. The number of methoxy groups -OCH3 is 2. The Morgan fingerprint density at radius 1 is 1.45 bits per heavy atom. The van der Waals surface area contributed by atoms with Crippen molar-refractivity contribution in [2.45, 2.75) is 25.1 Å². The van der Waals surface area contributed by atoms with Crippen LogP contribution in [0, 0.1) is 17.1 Å². The summed E-state index contributed by atoms with van der Waals surface area (Å²) in [5.41, 5.74) is 1.23. The Hall–Kier alpha value is -1.48. The monoisotopic (exact) mass is 278 g/mol. The van der Waals surface area contributed by atoms with E-state index in [1.807, 2.05) is 0 Å². The van der Waals surface area contributed by atoms with E-state index < -0.39 is 0 Å². The van der Waals surface area contributed by atoms with Crippen LogP contribution in [0.5, 0.6) is 0 Å². The minimum atomic E-state index is -0.315. The zero-order chi connectivity index (χ0) is 14.5. The van der Waals surface area contributed by atoms with E-state index in [2.05, 4.69) is 11.0 Å². The highest BCUT2D eigenvalue weighted by Crippen LogP contribution is 2.24. The number of likely N-dealkylation sites (tertiary alicyclic amines) is 1. The number of nitrogens with zero attached hydrogens (tertiary/aromatic N) is 2. The molecule has 1 saturated heterocycles. The molecule has 1 heterocycles. The molecule has 1 aliphatic heterocycles. The highest BCUT2D eigenvalue weighted by Gasteiger charge is 2.32. The predicted octanol–water partition coefficient (Wildman–Crippen LogP) is 1.93. The van der Waals surface area contributed by atoms with Crippen LogP contribution in [0.4, 0.5) is 4.39 Å². The minimum Gasteiger partial charge on any atom is -0.383 e. The number of halogens is 1. The molecule has 0 unspecified atom stereocenters. The van der Waals surface area contributed by atoms with Crippen molar-refractivity contribution in [1.82, 2.24) is 4.90 Å². The molecule has 2 atom stereocenters. The van der Waals surface area contributed by atoms with Crippen LogP contribution in [0.25, 0.3) is 0 Å². The minimum absolute atomic E-state index is 0.161. The number of benzene rings is 1. The summed E-state index contributed by atoms with van der Waals surface area (Å²) in [5.74, 6) is -0.315. The molecule has 1 aromatic carbocycles. The number of hydrogen-bond donors (Lipinski definition) is 0. The van der Waals surface area contributed by atoms with Gasteiger partial charge in [-0.1, -0.05) is 0 Å². The average Bonchev–Trinajstić information content (AvgIpc) is 2.82. The standard InChI is InChI=1S/C15H19FN2O2/c1-19-10-14-6-15(20-2)9-18(14)8-12-5-13(16)4-3-11(12)7-17/h3-5,14-15H,6,8-10H2,1-2H3/t14-,15-/m0/s1. The van der Waals surface area contributed by atoms with Crippen LogP contribution < -0.4 is 0 Å². The molecule has 0 amide bonds. The Morgan fingerprint density at radius 2 is 2.25 bits per heavy atom. The van der Waals surface area contributed by atoms with E-state index >= 15 is 0 Å². The third kappa shape index (κ3) is 3.34. The van der Waals surface area contributed by atoms with Gasteiger partial charge in [0, 0.05) is 33.4 Å². The van der Waals surface area contributed by atoms with E-state index in [1.54, 1.807) is 14.2 Å². The lowest BCUT2D eigenvalue weighted by molar-refractivity contribution is 0.106. The SMILES string of the molecule is COC[C@@H]1C[C@H](OC)CN1Cc1cc(F)ccc1C#N. The molecule has 0 aromatic heterocycles. The number of rotatable bonds is 5. The van der Waals surface area contributed by atoms with Crippen LogP contribution in [0.2, 0.25) is 0 Å². The predicted molar refractivity (Wildman–Crippen MR) is 72.6 cm³/mol. The molecule has 0 bridgehead atoms. The topological polar surface area (TPSA) is 45.5 Å².